The number of nitrogens with zero attached hydrogens (tertiary/aromatic N) is 4. The molecule has 2 fully saturated rings. The quantitative estimate of drug-likeness (QED) is 0.504. The van der Waals surface area contributed by atoms with Gasteiger partial charge in [0.05, 0.1) is 18.6 Å². The van der Waals surface area contributed by atoms with Crippen LogP contribution in [0.25, 0.3) is 0 Å². The molecule has 2 N–H and O–H groups in total. The third-order valence-electron chi connectivity index (χ3n) is 4.70. The molecule has 1 aromatic carbocycles. The van der Waals surface area contributed by atoms with Gasteiger partial charge in [0.25, 0.3) is 0 Å². The summed E-state index contributed by atoms with van der Waals surface area (Å²) in [6, 6.07) is 5.71. The smallest absolute Gasteiger partial charge is 0.214 e. The van der Waals surface area contributed by atoms with E-state index in [0.29, 0.717) is 18.0 Å². The van der Waals surface area contributed by atoms with E-state index in [1.807, 2.05) is 12.1 Å². The molecule has 2 aliphatic heterocycles. The molecule has 0 aliphatic carbocycles. The lowest BCUT2D eigenvalue weighted by Gasteiger charge is -2.37. The van der Waals surface area contributed by atoms with Crippen molar-refractivity contribution in [1.29, 1.82) is 0 Å². The van der Waals surface area contributed by atoms with Crippen molar-refractivity contribution >= 4 is 21.4 Å². The topological polar surface area (TPSA) is 101 Å². The molecule has 2 saturated heterocycles. The highest BCUT2D eigenvalue weighted by Gasteiger charge is 2.36. The summed E-state index contributed by atoms with van der Waals surface area (Å²) in [7, 11) is -1.45. The van der Waals surface area contributed by atoms with Crippen molar-refractivity contribution in [2.75, 3.05) is 37.4 Å². The zero-order chi connectivity index (χ0) is 17.2. The first kappa shape index (κ1) is 17.0. The van der Waals surface area contributed by atoms with E-state index in [0.717, 1.165) is 38.0 Å². The van der Waals surface area contributed by atoms with Gasteiger partial charge in [0.2, 0.25) is 10.0 Å². The molecule has 132 valence electrons. The van der Waals surface area contributed by atoms with Crippen molar-refractivity contribution in [2.24, 2.45) is 16.2 Å². The fourth-order valence-electron chi connectivity index (χ4n) is 3.50. The highest BCUT2D eigenvalue weighted by Crippen LogP contribution is 2.35. The minimum atomic E-state index is -3.05. The zero-order valence-electron chi connectivity index (χ0n) is 13.8. The van der Waals surface area contributed by atoms with Crippen LogP contribution in [-0.4, -0.2) is 51.3 Å². The summed E-state index contributed by atoms with van der Waals surface area (Å²) in [6.07, 6.45) is 2.36. The van der Waals surface area contributed by atoms with Crippen LogP contribution < -0.4 is 15.5 Å². The molecule has 9 heteroatoms. The number of piperidine rings is 1. The summed E-state index contributed by atoms with van der Waals surface area (Å²) in [6.45, 7) is 2.20. The Kier molecular flexibility index (Phi) is 4.91. The van der Waals surface area contributed by atoms with Crippen molar-refractivity contribution < 1.29 is 13.2 Å². The Balaban J connectivity index is 1.73. The Morgan fingerprint density at radius 1 is 1.25 bits per heavy atom. The lowest BCUT2D eigenvalue weighted by molar-refractivity contribution is 0.291. The van der Waals surface area contributed by atoms with Crippen LogP contribution in [0.3, 0.4) is 0 Å². The summed E-state index contributed by atoms with van der Waals surface area (Å²) in [5.74, 6) is 6.19. The van der Waals surface area contributed by atoms with E-state index < -0.39 is 10.0 Å². The summed E-state index contributed by atoms with van der Waals surface area (Å²) < 4.78 is 31.1. The van der Waals surface area contributed by atoms with Crippen LogP contribution in [-0.2, 0) is 10.0 Å². The number of nitrogens with two attached hydrogens (primary N) is 1. The Bertz CT molecular complexity index is 714. The number of hydrogen-bond donors (Lipinski definition) is 1. The number of methoxy groups -OCH3 is 1. The number of hydrogen-bond acceptors (Lipinski definition) is 6. The number of ether oxygens (including phenoxy) is 1. The van der Waals surface area contributed by atoms with Crippen LogP contribution >= 0.6 is 0 Å². The first-order valence-electron chi connectivity index (χ1n) is 8.08. The number of sulfonamides is 1. The maximum absolute atomic E-state index is 12.1. The average Bonchev–Trinajstić information content (AvgIpc) is 2.94. The van der Waals surface area contributed by atoms with E-state index in [9.17, 15) is 8.42 Å². The summed E-state index contributed by atoms with van der Waals surface area (Å²) in [4.78, 5) is 2.20. The van der Waals surface area contributed by atoms with Crippen molar-refractivity contribution in [3.05, 3.63) is 18.2 Å². The van der Waals surface area contributed by atoms with Crippen LogP contribution in [0.15, 0.2) is 28.5 Å². The molecule has 0 amide bonds. The highest BCUT2D eigenvalue weighted by molar-refractivity contribution is 7.89. The van der Waals surface area contributed by atoms with Gasteiger partial charge in [-0.3, -0.25) is 0 Å². The molecular weight excluding hydrogens is 330 g/mol. The van der Waals surface area contributed by atoms with Gasteiger partial charge in [-0.25, -0.2) is 8.42 Å². The Morgan fingerprint density at radius 3 is 2.58 bits per heavy atom. The second-order valence-corrected chi connectivity index (χ2v) is 8.11. The van der Waals surface area contributed by atoms with Gasteiger partial charge < -0.3 is 15.5 Å². The second-order valence-electron chi connectivity index (χ2n) is 6.07. The van der Waals surface area contributed by atoms with Gasteiger partial charge in [-0.2, -0.15) is 4.31 Å². The van der Waals surface area contributed by atoms with Gasteiger partial charge in [-0.05, 0) is 31.4 Å². The molecule has 1 aromatic rings. The molecule has 0 spiro atoms. The van der Waals surface area contributed by atoms with Crippen molar-refractivity contribution in [2.45, 2.75) is 25.3 Å². The molecule has 0 unspecified atom stereocenters. The van der Waals surface area contributed by atoms with Gasteiger partial charge in [-0.1, -0.05) is 5.22 Å². The summed E-state index contributed by atoms with van der Waals surface area (Å²) in [5, 5.41) is 7.37. The monoisotopic (exact) mass is 353 g/mol. The fourth-order valence-corrected chi connectivity index (χ4v) is 5.30. The maximum Gasteiger partial charge on any atom is 0.214 e. The molecule has 0 radical (unpaired) electrons. The molecule has 8 nitrogen and oxygen atoms in total. The Hall–Kier alpha value is -1.87. The van der Waals surface area contributed by atoms with Crippen LogP contribution in [0.4, 0.5) is 11.4 Å². The van der Waals surface area contributed by atoms with E-state index in [4.69, 9.17) is 10.6 Å². The standard InChI is InChI=1S/C15H23N5O3S/c1-23-13-3-4-15(14(11-13)17-18-16)19-8-5-12(6-9-19)20-7-2-10-24(20,21)22/h3-4,11-12H,2,5-10H2,1H3,(H2,16,17). The molecule has 2 aliphatic rings. The molecule has 0 saturated carbocycles. The largest absolute Gasteiger partial charge is 0.497 e. The van der Waals surface area contributed by atoms with Crippen LogP contribution in [0, 0.1) is 0 Å². The van der Waals surface area contributed by atoms with E-state index in [1.165, 1.54) is 0 Å². The Morgan fingerprint density at radius 2 is 2.00 bits per heavy atom. The lowest BCUT2D eigenvalue weighted by atomic mass is 10.0. The Labute approximate surface area is 142 Å². The van der Waals surface area contributed by atoms with Crippen LogP contribution in [0.1, 0.15) is 19.3 Å². The van der Waals surface area contributed by atoms with Crippen LogP contribution in [0.5, 0.6) is 5.75 Å². The van der Waals surface area contributed by atoms with Gasteiger partial charge >= 0.3 is 0 Å². The minimum Gasteiger partial charge on any atom is -0.497 e. The molecule has 3 rings (SSSR count). The predicted octanol–water partition coefficient (Wildman–Crippen LogP) is 1.66. The summed E-state index contributed by atoms with van der Waals surface area (Å²) in [5.41, 5.74) is 1.59. The molecule has 0 bridgehead atoms. The third kappa shape index (κ3) is 3.32. The maximum atomic E-state index is 12.1. The van der Waals surface area contributed by atoms with E-state index >= 15 is 0 Å². The molecule has 0 aromatic heterocycles. The fraction of sp³-hybridized carbons (Fsp3) is 0.600. The summed E-state index contributed by atoms with van der Waals surface area (Å²) >= 11 is 0. The normalized spacial score (nSPS) is 22.3. The number of anilines is 1. The van der Waals surface area contributed by atoms with Crippen molar-refractivity contribution in [1.82, 2.24) is 4.31 Å². The third-order valence-corrected chi connectivity index (χ3v) is 6.70. The van der Waals surface area contributed by atoms with Gasteiger partial charge in [0, 0.05) is 31.7 Å². The second kappa shape index (κ2) is 6.94. The first-order valence-corrected chi connectivity index (χ1v) is 9.69. The van der Waals surface area contributed by atoms with Gasteiger partial charge in [0.15, 0.2) is 0 Å². The van der Waals surface area contributed by atoms with Gasteiger partial charge in [0.1, 0.15) is 11.4 Å². The zero-order valence-corrected chi connectivity index (χ0v) is 14.6. The molecule has 2 heterocycles. The van der Waals surface area contributed by atoms with Gasteiger partial charge in [-0.15, -0.1) is 5.11 Å². The first-order chi connectivity index (χ1) is 11.5. The molecule has 24 heavy (non-hydrogen) atoms. The van der Waals surface area contributed by atoms with Crippen molar-refractivity contribution in [3.8, 4) is 5.75 Å². The highest BCUT2D eigenvalue weighted by atomic mass is 32.2. The van der Waals surface area contributed by atoms with E-state index in [1.54, 1.807) is 17.5 Å². The van der Waals surface area contributed by atoms with E-state index in [-0.39, 0.29) is 11.8 Å². The average molecular weight is 353 g/mol. The minimum absolute atomic E-state index is 0.103. The SMILES string of the molecule is COc1ccc(N2CCC(N3CCCS3(=O)=O)CC2)c(N=NN)c1. The van der Waals surface area contributed by atoms with Crippen LogP contribution in [0.2, 0.25) is 0 Å². The van der Waals surface area contributed by atoms with E-state index in [2.05, 4.69) is 15.2 Å². The molecule has 0 atom stereocenters. The molecular formula is C15H23N5O3S. The number of benzene rings is 1. The van der Waals surface area contributed by atoms with Crippen molar-refractivity contribution in [3.63, 3.8) is 0 Å². The number of rotatable bonds is 4. The lowest BCUT2D eigenvalue weighted by Crippen LogP contribution is -2.45. The predicted molar refractivity (Wildman–Crippen MR) is 92.0 cm³/mol.